The maximum atomic E-state index is 13.0. The first kappa shape index (κ1) is 23.7. The number of pyridine rings is 1. The highest BCUT2D eigenvalue weighted by atomic mass is 16.5. The van der Waals surface area contributed by atoms with Crippen LogP contribution in [0.1, 0.15) is 21.6 Å². The van der Waals surface area contributed by atoms with Crippen LogP contribution in [-0.2, 0) is 6.42 Å². The predicted molar refractivity (Wildman–Crippen MR) is 133 cm³/mol. The van der Waals surface area contributed by atoms with Gasteiger partial charge in [0.1, 0.15) is 5.75 Å². The Morgan fingerprint density at radius 2 is 1.49 bits per heavy atom. The van der Waals surface area contributed by atoms with E-state index in [1.54, 1.807) is 57.9 Å². The maximum absolute atomic E-state index is 13.0. The van der Waals surface area contributed by atoms with Crippen molar-refractivity contribution in [2.75, 3.05) is 33.8 Å². The summed E-state index contributed by atoms with van der Waals surface area (Å²) in [5, 5.41) is 14.8. The Labute approximate surface area is 203 Å². The van der Waals surface area contributed by atoms with Crippen molar-refractivity contribution in [1.82, 2.24) is 4.98 Å². The number of methoxy groups -OCH3 is 4. The zero-order valence-electron chi connectivity index (χ0n) is 19.9. The fourth-order valence-electron chi connectivity index (χ4n) is 3.92. The van der Waals surface area contributed by atoms with Crippen molar-refractivity contribution in [3.8, 4) is 28.7 Å². The fourth-order valence-corrected chi connectivity index (χ4v) is 3.92. The van der Waals surface area contributed by atoms with Gasteiger partial charge >= 0.3 is 0 Å². The van der Waals surface area contributed by atoms with E-state index in [0.29, 0.717) is 35.1 Å². The van der Waals surface area contributed by atoms with Crippen molar-refractivity contribution in [3.05, 3.63) is 77.6 Å². The third-order valence-electron chi connectivity index (χ3n) is 5.72. The van der Waals surface area contributed by atoms with E-state index in [9.17, 15) is 9.90 Å². The molecule has 0 fully saturated rings. The average molecular weight is 475 g/mol. The largest absolute Gasteiger partial charge is 0.507 e. The summed E-state index contributed by atoms with van der Waals surface area (Å²) in [6.07, 6.45) is 2.11. The van der Waals surface area contributed by atoms with Crippen molar-refractivity contribution < 1.29 is 28.8 Å². The lowest BCUT2D eigenvalue weighted by atomic mass is 10.0. The molecule has 0 aliphatic heterocycles. The molecule has 180 valence electrons. The van der Waals surface area contributed by atoms with Gasteiger partial charge in [0.25, 0.3) is 5.91 Å². The third-order valence-corrected chi connectivity index (χ3v) is 5.72. The zero-order valence-corrected chi connectivity index (χ0v) is 19.9. The van der Waals surface area contributed by atoms with Crippen LogP contribution in [0.25, 0.3) is 10.8 Å². The molecule has 1 aromatic heterocycles. The minimum Gasteiger partial charge on any atom is -0.507 e. The molecule has 4 aromatic rings. The van der Waals surface area contributed by atoms with Crippen LogP contribution in [0.15, 0.2) is 60.8 Å². The van der Waals surface area contributed by atoms with E-state index in [1.165, 1.54) is 13.2 Å². The van der Waals surface area contributed by atoms with Crippen molar-refractivity contribution in [3.63, 3.8) is 0 Å². The summed E-state index contributed by atoms with van der Waals surface area (Å²) in [4.78, 5) is 17.6. The number of aromatic hydroxyl groups is 1. The van der Waals surface area contributed by atoms with E-state index in [2.05, 4.69) is 10.3 Å². The van der Waals surface area contributed by atoms with Crippen LogP contribution in [-0.4, -0.2) is 44.4 Å². The van der Waals surface area contributed by atoms with Crippen LogP contribution >= 0.6 is 0 Å². The number of nitrogens with one attached hydrogen (secondary N) is 1. The van der Waals surface area contributed by atoms with E-state index in [1.807, 2.05) is 18.2 Å². The lowest BCUT2D eigenvalue weighted by Gasteiger charge is -2.17. The number of phenolic OH excluding ortho intramolecular Hbond substituents is 1. The summed E-state index contributed by atoms with van der Waals surface area (Å²) in [6, 6.07) is 15.5. The van der Waals surface area contributed by atoms with Gasteiger partial charge in [-0.05, 0) is 47.3 Å². The van der Waals surface area contributed by atoms with Crippen molar-refractivity contribution >= 4 is 22.4 Å². The zero-order chi connectivity index (χ0) is 24.9. The lowest BCUT2D eigenvalue weighted by molar-refractivity contribution is 0.102. The fraction of sp³-hybridized carbons (Fsp3) is 0.185. The number of hydrogen-bond donors (Lipinski definition) is 2. The molecule has 8 nitrogen and oxygen atoms in total. The van der Waals surface area contributed by atoms with Gasteiger partial charge in [0.2, 0.25) is 0 Å². The predicted octanol–water partition coefficient (Wildman–Crippen LogP) is 4.82. The molecule has 35 heavy (non-hydrogen) atoms. The molecule has 0 spiro atoms. The Morgan fingerprint density at radius 3 is 2.17 bits per heavy atom. The number of carbonyl (C=O) groups excluding carboxylic acids is 1. The summed E-state index contributed by atoms with van der Waals surface area (Å²) in [7, 11) is 6.25. The SMILES string of the molecule is COc1cc(Cc2nccc3cc(OC)c(OC)cc23)c(NC(=O)c2ccccc2O)cc1OC. The quantitative estimate of drug-likeness (QED) is 0.378. The topological polar surface area (TPSA) is 99.1 Å². The molecule has 0 atom stereocenters. The van der Waals surface area contributed by atoms with E-state index in [0.717, 1.165) is 22.0 Å². The number of phenols is 1. The van der Waals surface area contributed by atoms with Gasteiger partial charge in [-0.15, -0.1) is 0 Å². The van der Waals surface area contributed by atoms with E-state index < -0.39 is 5.91 Å². The molecular weight excluding hydrogens is 448 g/mol. The van der Waals surface area contributed by atoms with Crippen LogP contribution in [0.4, 0.5) is 5.69 Å². The molecule has 4 rings (SSSR count). The van der Waals surface area contributed by atoms with Crippen molar-refractivity contribution in [1.29, 1.82) is 0 Å². The van der Waals surface area contributed by atoms with Crippen molar-refractivity contribution in [2.24, 2.45) is 0 Å². The number of amides is 1. The molecule has 0 aliphatic rings. The number of anilines is 1. The Bertz CT molecular complexity index is 1390. The number of benzene rings is 3. The number of nitrogens with zero attached hydrogens (tertiary/aromatic N) is 1. The molecule has 0 saturated heterocycles. The number of rotatable bonds is 8. The molecule has 0 radical (unpaired) electrons. The molecule has 1 heterocycles. The van der Waals surface area contributed by atoms with Gasteiger partial charge < -0.3 is 29.4 Å². The Morgan fingerprint density at radius 1 is 0.857 bits per heavy atom. The summed E-state index contributed by atoms with van der Waals surface area (Å²) >= 11 is 0. The number of aromatic nitrogens is 1. The van der Waals surface area contributed by atoms with Gasteiger partial charge in [-0.1, -0.05) is 12.1 Å². The first-order valence-electron chi connectivity index (χ1n) is 10.8. The smallest absolute Gasteiger partial charge is 0.259 e. The highest BCUT2D eigenvalue weighted by molar-refractivity contribution is 6.06. The molecule has 1 amide bonds. The number of para-hydroxylation sites is 1. The van der Waals surface area contributed by atoms with Crippen LogP contribution in [0.5, 0.6) is 28.7 Å². The van der Waals surface area contributed by atoms with Gasteiger partial charge in [-0.3, -0.25) is 9.78 Å². The normalized spacial score (nSPS) is 10.6. The highest BCUT2D eigenvalue weighted by Gasteiger charge is 2.18. The summed E-state index contributed by atoms with van der Waals surface area (Å²) in [5.41, 5.74) is 2.19. The number of carbonyl (C=O) groups is 1. The molecule has 2 N–H and O–H groups in total. The summed E-state index contributed by atoms with van der Waals surface area (Å²) in [5.74, 6) is 1.63. The van der Waals surface area contributed by atoms with Crippen LogP contribution in [0.3, 0.4) is 0 Å². The number of fused-ring (bicyclic) bond motifs is 1. The third kappa shape index (κ3) is 4.77. The highest BCUT2D eigenvalue weighted by Crippen LogP contribution is 2.37. The van der Waals surface area contributed by atoms with Gasteiger partial charge in [-0.2, -0.15) is 0 Å². The second kappa shape index (κ2) is 10.2. The number of hydrogen-bond acceptors (Lipinski definition) is 7. The van der Waals surface area contributed by atoms with Crippen LogP contribution in [0.2, 0.25) is 0 Å². The first-order chi connectivity index (χ1) is 17.0. The molecule has 8 heteroatoms. The summed E-state index contributed by atoms with van der Waals surface area (Å²) < 4.78 is 21.9. The Hall–Kier alpha value is -4.46. The van der Waals surface area contributed by atoms with E-state index >= 15 is 0 Å². The van der Waals surface area contributed by atoms with Gasteiger partial charge in [-0.25, -0.2) is 0 Å². The van der Waals surface area contributed by atoms with Crippen LogP contribution < -0.4 is 24.3 Å². The second-order valence-electron chi connectivity index (χ2n) is 7.70. The second-order valence-corrected chi connectivity index (χ2v) is 7.70. The van der Waals surface area contributed by atoms with Crippen LogP contribution in [0, 0.1) is 0 Å². The number of ether oxygens (including phenoxy) is 4. The van der Waals surface area contributed by atoms with Gasteiger partial charge in [0.05, 0.1) is 39.7 Å². The minimum absolute atomic E-state index is 0.108. The first-order valence-corrected chi connectivity index (χ1v) is 10.8. The Kier molecular flexibility index (Phi) is 6.91. The maximum Gasteiger partial charge on any atom is 0.259 e. The lowest BCUT2D eigenvalue weighted by Crippen LogP contribution is -2.14. The van der Waals surface area contributed by atoms with Gasteiger partial charge in [0, 0.05) is 29.8 Å². The molecular formula is C27H26N2O6. The molecule has 0 aliphatic carbocycles. The molecule has 0 bridgehead atoms. The van der Waals surface area contributed by atoms with Gasteiger partial charge in [0.15, 0.2) is 23.0 Å². The average Bonchev–Trinajstić information content (AvgIpc) is 2.88. The summed E-state index contributed by atoms with van der Waals surface area (Å²) in [6.45, 7) is 0. The molecule has 3 aromatic carbocycles. The molecule has 0 unspecified atom stereocenters. The standard InChI is InChI=1S/C27H26N2O6/c1-32-23-12-16-9-10-28-21(19(16)14-25(23)34-3)11-17-13-24(33-2)26(35-4)15-20(17)29-27(31)18-7-5-6-8-22(18)30/h5-10,12-15,30H,11H2,1-4H3,(H,29,31). The minimum atomic E-state index is -0.450. The van der Waals surface area contributed by atoms with E-state index in [-0.39, 0.29) is 11.3 Å². The molecule has 0 saturated carbocycles. The Balaban J connectivity index is 1.80. The van der Waals surface area contributed by atoms with E-state index in [4.69, 9.17) is 18.9 Å². The van der Waals surface area contributed by atoms with Crippen molar-refractivity contribution in [2.45, 2.75) is 6.42 Å². The monoisotopic (exact) mass is 474 g/mol.